The first kappa shape index (κ1) is 10.3. The normalized spacial score (nSPS) is 17.6. The molecule has 0 unspecified atom stereocenters. The van der Waals surface area contributed by atoms with Crippen molar-refractivity contribution < 1.29 is 9.53 Å². The molecule has 3 nitrogen and oxygen atoms in total. The van der Waals surface area contributed by atoms with Crippen LogP contribution in [0.4, 0.5) is 0 Å². The highest BCUT2D eigenvalue weighted by Crippen LogP contribution is 2.08. The van der Waals surface area contributed by atoms with Crippen LogP contribution in [0.15, 0.2) is 24.3 Å². The summed E-state index contributed by atoms with van der Waals surface area (Å²) in [7, 11) is 0. The van der Waals surface area contributed by atoms with Gasteiger partial charge in [-0.2, -0.15) is 0 Å². The molecule has 0 amide bonds. The van der Waals surface area contributed by atoms with Crippen LogP contribution in [0, 0.1) is 0 Å². The van der Waals surface area contributed by atoms with Gasteiger partial charge in [-0.15, -0.1) is 0 Å². The van der Waals surface area contributed by atoms with Crippen molar-refractivity contribution in [1.29, 1.82) is 0 Å². The first-order chi connectivity index (χ1) is 7.38. The van der Waals surface area contributed by atoms with E-state index in [4.69, 9.17) is 4.74 Å². The molecule has 0 saturated carbocycles. The molecule has 1 aliphatic heterocycles. The minimum Gasteiger partial charge on any atom is -0.379 e. The first-order valence-corrected chi connectivity index (χ1v) is 5.16. The van der Waals surface area contributed by atoms with Crippen LogP contribution in [0.25, 0.3) is 0 Å². The smallest absolute Gasteiger partial charge is 0.233 e. The molecule has 0 atom stereocenters. The van der Waals surface area contributed by atoms with Gasteiger partial charge in [-0.25, -0.2) is 0 Å². The molecule has 1 fully saturated rings. The maximum absolute atomic E-state index is 10.5. The third-order valence-electron chi connectivity index (χ3n) is 2.55. The van der Waals surface area contributed by atoms with Gasteiger partial charge in [0.15, 0.2) is 0 Å². The average molecular weight is 204 g/mol. The van der Waals surface area contributed by atoms with Gasteiger partial charge in [0.2, 0.25) is 6.29 Å². The third kappa shape index (κ3) is 2.88. The molecule has 0 spiro atoms. The summed E-state index contributed by atoms with van der Waals surface area (Å²) in [6, 6.07) is 7.60. The summed E-state index contributed by atoms with van der Waals surface area (Å²) in [6.07, 6.45) is 1.91. The van der Waals surface area contributed by atoms with Gasteiger partial charge in [0.25, 0.3) is 0 Å². The second-order valence-corrected chi connectivity index (χ2v) is 3.69. The maximum Gasteiger partial charge on any atom is 0.233 e. The fourth-order valence-corrected chi connectivity index (χ4v) is 1.75. The number of morpholine rings is 1. The lowest BCUT2D eigenvalue weighted by molar-refractivity contribution is 0.0342. The Kier molecular flexibility index (Phi) is 3.48. The lowest BCUT2D eigenvalue weighted by Crippen LogP contribution is -2.35. The Morgan fingerprint density at radius 2 is 2.13 bits per heavy atom. The average Bonchev–Trinajstić information content (AvgIpc) is 2.31. The van der Waals surface area contributed by atoms with Gasteiger partial charge >= 0.3 is 0 Å². The lowest BCUT2D eigenvalue weighted by atomic mass is 10.1. The number of rotatable bonds is 3. The van der Waals surface area contributed by atoms with Crippen LogP contribution in [-0.2, 0) is 16.1 Å². The van der Waals surface area contributed by atoms with Crippen molar-refractivity contribution in [3.8, 4) is 0 Å². The molecule has 0 N–H and O–H groups in total. The van der Waals surface area contributed by atoms with E-state index in [1.54, 1.807) is 6.07 Å². The lowest BCUT2D eigenvalue weighted by Gasteiger charge is -2.26. The summed E-state index contributed by atoms with van der Waals surface area (Å²) in [5.74, 6) is 0. The second-order valence-electron chi connectivity index (χ2n) is 3.69. The van der Waals surface area contributed by atoms with Gasteiger partial charge < -0.3 is 4.74 Å². The molecule has 15 heavy (non-hydrogen) atoms. The van der Waals surface area contributed by atoms with E-state index in [1.807, 2.05) is 24.5 Å². The third-order valence-corrected chi connectivity index (χ3v) is 2.55. The van der Waals surface area contributed by atoms with E-state index in [0.717, 1.165) is 38.4 Å². The van der Waals surface area contributed by atoms with Crippen LogP contribution in [0.2, 0.25) is 0 Å². The Hall–Kier alpha value is -1.19. The van der Waals surface area contributed by atoms with Crippen LogP contribution in [-0.4, -0.2) is 37.5 Å². The molecule has 1 aromatic carbocycles. The Labute approximate surface area is 89.7 Å². The molecular weight excluding hydrogens is 190 g/mol. The summed E-state index contributed by atoms with van der Waals surface area (Å²) >= 11 is 0. The highest BCUT2D eigenvalue weighted by molar-refractivity contribution is 5.75. The zero-order chi connectivity index (χ0) is 10.5. The van der Waals surface area contributed by atoms with Gasteiger partial charge in [0, 0.05) is 25.2 Å². The summed E-state index contributed by atoms with van der Waals surface area (Å²) in [6.45, 7) is 4.43. The quantitative estimate of drug-likeness (QED) is 0.735. The molecule has 1 heterocycles. The molecule has 2 rings (SSSR count). The molecule has 79 valence electrons. The van der Waals surface area contributed by atoms with E-state index in [0.29, 0.717) is 5.56 Å². The monoisotopic (exact) mass is 204 g/mol. The SMILES string of the molecule is O=[C]c1cccc(CN2CCOCC2)c1. The van der Waals surface area contributed by atoms with Crippen molar-refractivity contribution in [1.82, 2.24) is 4.90 Å². The van der Waals surface area contributed by atoms with E-state index in [1.165, 1.54) is 0 Å². The second kappa shape index (κ2) is 5.05. The van der Waals surface area contributed by atoms with Gasteiger partial charge in [0.1, 0.15) is 0 Å². The standard InChI is InChI=1S/C12H14NO2/c14-10-12-3-1-2-11(8-12)9-13-4-6-15-7-5-13/h1-3,8H,4-7,9H2. The van der Waals surface area contributed by atoms with E-state index in [-0.39, 0.29) is 0 Å². The van der Waals surface area contributed by atoms with Gasteiger partial charge in [-0.3, -0.25) is 9.69 Å². The van der Waals surface area contributed by atoms with Gasteiger partial charge in [-0.1, -0.05) is 18.2 Å². The summed E-state index contributed by atoms with van der Waals surface area (Å²) in [5, 5.41) is 0. The molecule has 1 radical (unpaired) electrons. The zero-order valence-corrected chi connectivity index (χ0v) is 8.61. The highest BCUT2D eigenvalue weighted by atomic mass is 16.5. The van der Waals surface area contributed by atoms with Crippen LogP contribution in [0.1, 0.15) is 11.1 Å². The van der Waals surface area contributed by atoms with E-state index < -0.39 is 0 Å². The molecular formula is C12H14NO2. The minimum absolute atomic E-state index is 0.626. The van der Waals surface area contributed by atoms with Crippen molar-refractivity contribution in [2.24, 2.45) is 0 Å². The molecule has 0 bridgehead atoms. The molecule has 1 aliphatic rings. The van der Waals surface area contributed by atoms with Crippen molar-refractivity contribution in [3.63, 3.8) is 0 Å². The van der Waals surface area contributed by atoms with Crippen molar-refractivity contribution in [3.05, 3.63) is 35.4 Å². The minimum atomic E-state index is 0.626. The first-order valence-electron chi connectivity index (χ1n) is 5.16. The number of benzene rings is 1. The highest BCUT2D eigenvalue weighted by Gasteiger charge is 2.10. The van der Waals surface area contributed by atoms with Crippen LogP contribution in [0.3, 0.4) is 0 Å². The molecule has 0 aromatic heterocycles. The molecule has 1 saturated heterocycles. The molecule has 3 heteroatoms. The van der Waals surface area contributed by atoms with Crippen molar-refractivity contribution >= 4 is 6.29 Å². The predicted octanol–water partition coefficient (Wildman–Crippen LogP) is 0.977. The van der Waals surface area contributed by atoms with Gasteiger partial charge in [-0.05, 0) is 11.6 Å². The van der Waals surface area contributed by atoms with Crippen LogP contribution in [0.5, 0.6) is 0 Å². The maximum atomic E-state index is 10.5. The van der Waals surface area contributed by atoms with Gasteiger partial charge in [0.05, 0.1) is 13.2 Å². The number of carbonyl (C=O) groups excluding carboxylic acids is 1. The number of ether oxygens (including phenoxy) is 1. The zero-order valence-electron chi connectivity index (χ0n) is 8.61. The fourth-order valence-electron chi connectivity index (χ4n) is 1.75. The Morgan fingerprint density at radius 1 is 1.33 bits per heavy atom. The summed E-state index contributed by atoms with van der Waals surface area (Å²) < 4.78 is 5.28. The topological polar surface area (TPSA) is 29.5 Å². The molecule has 0 aliphatic carbocycles. The number of hydrogen-bond acceptors (Lipinski definition) is 3. The van der Waals surface area contributed by atoms with E-state index >= 15 is 0 Å². The Bertz CT molecular complexity index is 332. The summed E-state index contributed by atoms with van der Waals surface area (Å²) in [5.41, 5.74) is 1.79. The number of nitrogens with zero attached hydrogens (tertiary/aromatic N) is 1. The van der Waals surface area contributed by atoms with Crippen molar-refractivity contribution in [2.75, 3.05) is 26.3 Å². The predicted molar refractivity (Wildman–Crippen MR) is 57.3 cm³/mol. The fraction of sp³-hybridized carbons (Fsp3) is 0.417. The van der Waals surface area contributed by atoms with Crippen LogP contribution >= 0.6 is 0 Å². The largest absolute Gasteiger partial charge is 0.379 e. The van der Waals surface area contributed by atoms with Crippen LogP contribution < -0.4 is 0 Å². The Balaban J connectivity index is 1.99. The van der Waals surface area contributed by atoms with E-state index in [9.17, 15) is 4.79 Å². The number of hydrogen-bond donors (Lipinski definition) is 0. The molecule has 1 aromatic rings. The Morgan fingerprint density at radius 3 is 2.87 bits per heavy atom. The van der Waals surface area contributed by atoms with Crippen molar-refractivity contribution in [2.45, 2.75) is 6.54 Å². The van der Waals surface area contributed by atoms with E-state index in [2.05, 4.69) is 4.90 Å². The summed E-state index contributed by atoms with van der Waals surface area (Å²) in [4.78, 5) is 12.8.